The maximum absolute atomic E-state index is 12.4. The topological polar surface area (TPSA) is 85.9 Å². The second kappa shape index (κ2) is 4.86. The molecule has 0 radical (unpaired) electrons. The Balaban J connectivity index is 1.60. The average molecular weight is 355 g/mol. The van der Waals surface area contributed by atoms with E-state index in [0.29, 0.717) is 16.4 Å². The molecule has 126 valence electrons. The normalized spacial score (nSPS) is 21.4. The first-order valence-corrected chi connectivity index (χ1v) is 8.42. The Bertz CT molecular complexity index is 1030. The molecule has 1 saturated heterocycles. The second-order valence-corrected chi connectivity index (χ2v) is 6.98. The smallest absolute Gasteiger partial charge is 0.256 e. The Hall–Kier alpha value is -2.80. The third-order valence-corrected chi connectivity index (χ3v) is 5.30. The van der Waals surface area contributed by atoms with Gasteiger partial charge < -0.3 is 20.5 Å². The monoisotopic (exact) mass is 354 g/mol. The number of hydrogen-bond donors (Lipinski definition) is 3. The number of aromatic nitrogens is 3. The molecule has 1 amide bonds. The Kier molecular flexibility index (Phi) is 2.82. The molecule has 1 aromatic carbocycles. The Morgan fingerprint density at radius 1 is 1.36 bits per heavy atom. The van der Waals surface area contributed by atoms with Crippen molar-refractivity contribution in [1.82, 2.24) is 20.3 Å². The molecule has 1 atom stereocenters. The van der Waals surface area contributed by atoms with Gasteiger partial charge in [-0.25, -0.2) is 9.97 Å². The van der Waals surface area contributed by atoms with Crippen LogP contribution in [0.3, 0.4) is 0 Å². The van der Waals surface area contributed by atoms with Crippen LogP contribution in [-0.2, 0) is 0 Å². The van der Waals surface area contributed by atoms with Gasteiger partial charge in [0.05, 0.1) is 21.7 Å². The number of fused-ring (bicyclic) bond motifs is 4. The van der Waals surface area contributed by atoms with Gasteiger partial charge >= 0.3 is 0 Å². The maximum atomic E-state index is 12.4. The molecular weight excluding hydrogens is 340 g/mol. The van der Waals surface area contributed by atoms with Crippen molar-refractivity contribution in [2.75, 3.05) is 16.8 Å². The first-order valence-electron chi connectivity index (χ1n) is 8.04. The van der Waals surface area contributed by atoms with Crippen molar-refractivity contribution < 1.29 is 4.79 Å². The van der Waals surface area contributed by atoms with E-state index in [1.54, 1.807) is 6.07 Å². The maximum Gasteiger partial charge on any atom is 0.256 e. The molecule has 7 nitrogen and oxygen atoms in total. The van der Waals surface area contributed by atoms with E-state index in [1.807, 2.05) is 25.3 Å². The summed E-state index contributed by atoms with van der Waals surface area (Å²) in [4.78, 5) is 26.2. The zero-order chi connectivity index (χ0) is 17.2. The lowest BCUT2D eigenvalue weighted by molar-refractivity contribution is 0.0845. The largest absolute Gasteiger partial charge is 0.348 e. The third kappa shape index (κ3) is 2.02. The molecule has 0 aliphatic carbocycles. The molecule has 0 saturated carbocycles. The van der Waals surface area contributed by atoms with E-state index >= 15 is 0 Å². The van der Waals surface area contributed by atoms with Crippen LogP contribution in [0.5, 0.6) is 0 Å². The minimum absolute atomic E-state index is 0.125. The SMILES string of the molecule is CC12CCN1c1cc(Nc3ncnc4[nH]ccc34)cc(Cl)c1C(=O)N2. The first-order chi connectivity index (χ1) is 12.0. The number of hydrogen-bond acceptors (Lipinski definition) is 5. The Morgan fingerprint density at radius 2 is 2.24 bits per heavy atom. The van der Waals surface area contributed by atoms with Gasteiger partial charge in [-0.1, -0.05) is 11.6 Å². The van der Waals surface area contributed by atoms with Gasteiger partial charge in [0.15, 0.2) is 0 Å². The highest BCUT2D eigenvalue weighted by Gasteiger charge is 2.47. The summed E-state index contributed by atoms with van der Waals surface area (Å²) < 4.78 is 0. The van der Waals surface area contributed by atoms with Gasteiger partial charge in [-0.15, -0.1) is 0 Å². The number of carbonyl (C=O) groups excluding carboxylic acids is 1. The first kappa shape index (κ1) is 14.5. The van der Waals surface area contributed by atoms with Crippen molar-refractivity contribution in [2.24, 2.45) is 0 Å². The number of anilines is 3. The van der Waals surface area contributed by atoms with E-state index in [1.165, 1.54) is 6.33 Å². The quantitative estimate of drug-likeness (QED) is 0.658. The number of amides is 1. The summed E-state index contributed by atoms with van der Waals surface area (Å²) in [5.74, 6) is 0.564. The second-order valence-electron chi connectivity index (χ2n) is 6.57. The van der Waals surface area contributed by atoms with Crippen molar-refractivity contribution in [2.45, 2.75) is 19.0 Å². The summed E-state index contributed by atoms with van der Waals surface area (Å²) in [5.41, 5.74) is 2.60. The van der Waals surface area contributed by atoms with Gasteiger partial charge in [-0.2, -0.15) is 0 Å². The van der Waals surface area contributed by atoms with Gasteiger partial charge in [-0.05, 0) is 25.1 Å². The predicted molar refractivity (Wildman–Crippen MR) is 96.5 cm³/mol. The highest BCUT2D eigenvalue weighted by molar-refractivity contribution is 6.35. The third-order valence-electron chi connectivity index (χ3n) is 5.00. The van der Waals surface area contributed by atoms with Crippen molar-refractivity contribution in [3.8, 4) is 0 Å². The van der Waals surface area contributed by atoms with Crippen LogP contribution < -0.4 is 15.5 Å². The molecule has 2 aromatic heterocycles. The molecule has 2 aliphatic heterocycles. The zero-order valence-electron chi connectivity index (χ0n) is 13.4. The molecular formula is C17H15ClN6O. The van der Waals surface area contributed by atoms with Crippen LogP contribution >= 0.6 is 11.6 Å². The van der Waals surface area contributed by atoms with Gasteiger partial charge in [-0.3, -0.25) is 4.79 Å². The van der Waals surface area contributed by atoms with Gasteiger partial charge in [0, 0.05) is 24.8 Å². The standard InChI is InChI=1S/C17H15ClN6O/c1-17-3-5-24(17)12-7-9(6-11(18)13(12)16(25)23-17)22-15-10-2-4-19-14(10)20-8-21-15/h2,4,6-8H,3,5H2,1H3,(H,23,25)(H2,19,20,21,22). The Morgan fingerprint density at radius 3 is 3.04 bits per heavy atom. The molecule has 4 heterocycles. The van der Waals surface area contributed by atoms with E-state index in [9.17, 15) is 4.79 Å². The molecule has 3 N–H and O–H groups in total. The summed E-state index contributed by atoms with van der Waals surface area (Å²) in [5, 5.41) is 7.65. The van der Waals surface area contributed by atoms with E-state index in [2.05, 4.69) is 30.5 Å². The fourth-order valence-electron chi connectivity index (χ4n) is 3.59. The highest BCUT2D eigenvalue weighted by atomic mass is 35.5. The van der Waals surface area contributed by atoms with Crippen LogP contribution in [0.1, 0.15) is 23.7 Å². The van der Waals surface area contributed by atoms with E-state index in [4.69, 9.17) is 11.6 Å². The van der Waals surface area contributed by atoms with E-state index in [-0.39, 0.29) is 11.6 Å². The van der Waals surface area contributed by atoms with Crippen LogP contribution in [0, 0.1) is 0 Å². The molecule has 3 aromatic rings. The molecule has 25 heavy (non-hydrogen) atoms. The molecule has 0 spiro atoms. The summed E-state index contributed by atoms with van der Waals surface area (Å²) in [6.07, 6.45) is 4.24. The number of benzene rings is 1. The zero-order valence-corrected chi connectivity index (χ0v) is 14.2. The number of carbonyl (C=O) groups is 1. The molecule has 8 heteroatoms. The summed E-state index contributed by atoms with van der Waals surface area (Å²) in [7, 11) is 0. The average Bonchev–Trinajstić information content (AvgIpc) is 3.02. The van der Waals surface area contributed by atoms with Crippen LogP contribution in [0.2, 0.25) is 5.02 Å². The molecule has 2 aliphatic rings. The van der Waals surface area contributed by atoms with Crippen LogP contribution in [-0.4, -0.2) is 33.1 Å². The van der Waals surface area contributed by atoms with Crippen molar-refractivity contribution in [1.29, 1.82) is 0 Å². The van der Waals surface area contributed by atoms with Gasteiger partial charge in [0.2, 0.25) is 0 Å². The van der Waals surface area contributed by atoms with Crippen molar-refractivity contribution in [3.63, 3.8) is 0 Å². The van der Waals surface area contributed by atoms with Crippen LogP contribution in [0.15, 0.2) is 30.7 Å². The Labute approximate surface area is 148 Å². The number of H-pyrrole nitrogens is 1. The molecule has 1 fully saturated rings. The minimum Gasteiger partial charge on any atom is -0.348 e. The fourth-order valence-corrected chi connectivity index (χ4v) is 3.89. The van der Waals surface area contributed by atoms with E-state index in [0.717, 1.165) is 35.4 Å². The number of nitrogens with one attached hydrogen (secondary N) is 3. The molecule has 1 unspecified atom stereocenters. The van der Waals surface area contributed by atoms with Crippen LogP contribution in [0.4, 0.5) is 17.2 Å². The fraction of sp³-hybridized carbons (Fsp3) is 0.235. The highest BCUT2D eigenvalue weighted by Crippen LogP contribution is 2.43. The molecule has 5 rings (SSSR count). The lowest BCUT2D eigenvalue weighted by Gasteiger charge is -2.55. The van der Waals surface area contributed by atoms with Crippen molar-refractivity contribution in [3.05, 3.63) is 41.3 Å². The minimum atomic E-state index is -0.325. The lowest BCUT2D eigenvalue weighted by atomic mass is 9.89. The molecule has 0 bridgehead atoms. The predicted octanol–water partition coefficient (Wildman–Crippen LogP) is 3.02. The summed E-state index contributed by atoms with van der Waals surface area (Å²) in [6, 6.07) is 5.62. The lowest BCUT2D eigenvalue weighted by Crippen LogP contribution is -2.70. The number of nitrogens with zero attached hydrogens (tertiary/aromatic N) is 3. The summed E-state index contributed by atoms with van der Waals surface area (Å²) >= 11 is 6.42. The summed E-state index contributed by atoms with van der Waals surface area (Å²) in [6.45, 7) is 2.91. The van der Waals surface area contributed by atoms with Gasteiger partial charge in [0.25, 0.3) is 5.91 Å². The van der Waals surface area contributed by atoms with Gasteiger partial charge in [0.1, 0.15) is 23.5 Å². The number of halogens is 1. The van der Waals surface area contributed by atoms with E-state index < -0.39 is 0 Å². The number of aromatic amines is 1. The number of rotatable bonds is 2. The van der Waals surface area contributed by atoms with Crippen LogP contribution in [0.25, 0.3) is 11.0 Å². The van der Waals surface area contributed by atoms with Crippen molar-refractivity contribution >= 4 is 45.7 Å².